The number of carboxylic acids is 1. The van der Waals surface area contributed by atoms with Crippen LogP contribution in [0.1, 0.15) is 26.7 Å². The molecule has 0 aromatic carbocycles. The summed E-state index contributed by atoms with van der Waals surface area (Å²) in [6, 6.07) is -0.610. The van der Waals surface area contributed by atoms with E-state index in [1.54, 1.807) is 0 Å². The highest BCUT2D eigenvalue weighted by atomic mass is 16.4. The second kappa shape index (κ2) is 3.77. The van der Waals surface area contributed by atoms with E-state index in [1.165, 1.54) is 11.8 Å². The van der Waals surface area contributed by atoms with Crippen LogP contribution in [0, 0.1) is 5.92 Å². The topological polar surface area (TPSA) is 57.6 Å². The number of piperidine rings is 1. The van der Waals surface area contributed by atoms with Crippen LogP contribution in [0.3, 0.4) is 0 Å². The van der Waals surface area contributed by atoms with Crippen LogP contribution in [0.4, 0.5) is 0 Å². The van der Waals surface area contributed by atoms with E-state index in [1.807, 2.05) is 6.92 Å². The summed E-state index contributed by atoms with van der Waals surface area (Å²) in [7, 11) is 0. The minimum Gasteiger partial charge on any atom is -0.480 e. The minimum atomic E-state index is -0.887. The molecule has 4 heteroatoms. The van der Waals surface area contributed by atoms with Gasteiger partial charge in [0.15, 0.2) is 0 Å². The van der Waals surface area contributed by atoms with Crippen molar-refractivity contribution < 1.29 is 14.7 Å². The van der Waals surface area contributed by atoms with Gasteiger partial charge in [0, 0.05) is 13.5 Å². The summed E-state index contributed by atoms with van der Waals surface area (Å²) in [5.41, 5.74) is 0. The highest BCUT2D eigenvalue weighted by Gasteiger charge is 2.32. The molecule has 1 heterocycles. The van der Waals surface area contributed by atoms with Gasteiger partial charge in [-0.05, 0) is 18.8 Å². The maximum Gasteiger partial charge on any atom is 0.326 e. The van der Waals surface area contributed by atoms with Crippen molar-refractivity contribution in [1.82, 2.24) is 4.90 Å². The first-order chi connectivity index (χ1) is 6.02. The van der Waals surface area contributed by atoms with Crippen LogP contribution in [0.15, 0.2) is 0 Å². The zero-order valence-corrected chi connectivity index (χ0v) is 7.99. The molecule has 0 radical (unpaired) electrons. The van der Waals surface area contributed by atoms with E-state index >= 15 is 0 Å². The molecule has 2 atom stereocenters. The summed E-state index contributed by atoms with van der Waals surface area (Å²) in [5.74, 6) is -0.627. The normalized spacial score (nSPS) is 28.6. The molecule has 1 saturated heterocycles. The van der Waals surface area contributed by atoms with E-state index in [-0.39, 0.29) is 5.91 Å². The van der Waals surface area contributed by atoms with Gasteiger partial charge >= 0.3 is 5.97 Å². The Morgan fingerprint density at radius 3 is 2.54 bits per heavy atom. The number of aliphatic carboxylic acids is 1. The van der Waals surface area contributed by atoms with Gasteiger partial charge < -0.3 is 10.0 Å². The lowest BCUT2D eigenvalue weighted by Gasteiger charge is -2.35. The van der Waals surface area contributed by atoms with Crippen LogP contribution in [-0.4, -0.2) is 34.5 Å². The molecule has 1 fully saturated rings. The van der Waals surface area contributed by atoms with Crippen molar-refractivity contribution in [3.63, 3.8) is 0 Å². The van der Waals surface area contributed by atoms with Crippen LogP contribution in [0.25, 0.3) is 0 Å². The quantitative estimate of drug-likeness (QED) is 0.654. The first-order valence-corrected chi connectivity index (χ1v) is 4.52. The molecule has 1 amide bonds. The summed E-state index contributed by atoms with van der Waals surface area (Å²) in [6.45, 7) is 4.02. The summed E-state index contributed by atoms with van der Waals surface area (Å²) in [6.07, 6.45) is 1.48. The van der Waals surface area contributed by atoms with Gasteiger partial charge in [-0.1, -0.05) is 6.92 Å². The largest absolute Gasteiger partial charge is 0.480 e. The number of rotatable bonds is 1. The predicted octanol–water partition coefficient (Wildman–Crippen LogP) is 0.718. The van der Waals surface area contributed by atoms with Gasteiger partial charge in [-0.3, -0.25) is 4.79 Å². The molecular weight excluding hydrogens is 170 g/mol. The molecule has 0 aliphatic carbocycles. The van der Waals surface area contributed by atoms with Crippen LogP contribution >= 0.6 is 0 Å². The van der Waals surface area contributed by atoms with Gasteiger partial charge in [-0.15, -0.1) is 0 Å². The molecule has 0 aromatic rings. The van der Waals surface area contributed by atoms with Gasteiger partial charge in [-0.2, -0.15) is 0 Å². The Balaban J connectivity index is 2.72. The number of carboxylic acid groups (broad SMARTS) is 1. The number of hydrogen-bond acceptors (Lipinski definition) is 2. The van der Waals surface area contributed by atoms with Crippen molar-refractivity contribution in [2.45, 2.75) is 32.7 Å². The first kappa shape index (κ1) is 10.0. The Morgan fingerprint density at radius 2 is 2.08 bits per heavy atom. The molecule has 4 nitrogen and oxygen atoms in total. The minimum absolute atomic E-state index is 0.140. The average Bonchev–Trinajstić information content (AvgIpc) is 2.03. The fraction of sp³-hybridized carbons (Fsp3) is 0.778. The Morgan fingerprint density at radius 1 is 1.46 bits per heavy atom. The third-order valence-electron chi connectivity index (χ3n) is 2.55. The van der Waals surface area contributed by atoms with Crippen molar-refractivity contribution in [2.75, 3.05) is 6.54 Å². The SMILES string of the molecule is CC(=O)N1CCC(C)CC1C(=O)O. The van der Waals surface area contributed by atoms with Gasteiger partial charge in [0.05, 0.1) is 0 Å². The fourth-order valence-corrected chi connectivity index (χ4v) is 1.75. The van der Waals surface area contributed by atoms with Crippen LogP contribution in [0.5, 0.6) is 0 Å². The Hall–Kier alpha value is -1.06. The molecule has 0 bridgehead atoms. The van der Waals surface area contributed by atoms with E-state index < -0.39 is 12.0 Å². The summed E-state index contributed by atoms with van der Waals surface area (Å²) >= 11 is 0. The maximum atomic E-state index is 11.1. The van der Waals surface area contributed by atoms with Gasteiger partial charge in [0.2, 0.25) is 5.91 Å². The van der Waals surface area contributed by atoms with Gasteiger partial charge in [0.1, 0.15) is 6.04 Å². The van der Waals surface area contributed by atoms with Crippen molar-refractivity contribution >= 4 is 11.9 Å². The highest BCUT2D eigenvalue weighted by molar-refractivity contribution is 5.82. The highest BCUT2D eigenvalue weighted by Crippen LogP contribution is 2.22. The maximum absolute atomic E-state index is 11.1. The van der Waals surface area contributed by atoms with Crippen molar-refractivity contribution in [2.24, 2.45) is 5.92 Å². The second-order valence-corrected chi connectivity index (χ2v) is 3.70. The number of nitrogens with zero attached hydrogens (tertiary/aromatic N) is 1. The smallest absolute Gasteiger partial charge is 0.326 e. The fourth-order valence-electron chi connectivity index (χ4n) is 1.75. The van der Waals surface area contributed by atoms with Crippen LogP contribution < -0.4 is 0 Å². The summed E-state index contributed by atoms with van der Waals surface area (Å²) in [4.78, 5) is 23.4. The predicted molar refractivity (Wildman–Crippen MR) is 47.2 cm³/mol. The molecular formula is C9H15NO3. The summed E-state index contributed by atoms with van der Waals surface area (Å²) in [5, 5.41) is 8.88. The average molecular weight is 185 g/mol. The lowest BCUT2D eigenvalue weighted by atomic mass is 9.92. The van der Waals surface area contributed by atoms with Crippen molar-refractivity contribution in [1.29, 1.82) is 0 Å². The lowest BCUT2D eigenvalue weighted by Crippen LogP contribution is -2.48. The van der Waals surface area contributed by atoms with E-state index in [0.29, 0.717) is 18.9 Å². The number of amides is 1. The van der Waals surface area contributed by atoms with Crippen LogP contribution in [-0.2, 0) is 9.59 Å². The summed E-state index contributed by atoms with van der Waals surface area (Å²) < 4.78 is 0. The first-order valence-electron chi connectivity index (χ1n) is 4.52. The van der Waals surface area contributed by atoms with Crippen molar-refractivity contribution in [3.8, 4) is 0 Å². The van der Waals surface area contributed by atoms with E-state index in [4.69, 9.17) is 5.11 Å². The molecule has 1 N–H and O–H groups in total. The third kappa shape index (κ3) is 2.20. The van der Waals surface area contributed by atoms with E-state index in [0.717, 1.165) is 6.42 Å². The molecule has 1 aliphatic heterocycles. The second-order valence-electron chi connectivity index (χ2n) is 3.70. The molecule has 74 valence electrons. The van der Waals surface area contributed by atoms with E-state index in [9.17, 15) is 9.59 Å². The Labute approximate surface area is 77.5 Å². The number of likely N-dealkylation sites (tertiary alicyclic amines) is 1. The monoisotopic (exact) mass is 185 g/mol. The van der Waals surface area contributed by atoms with Gasteiger partial charge in [-0.25, -0.2) is 4.79 Å². The molecule has 13 heavy (non-hydrogen) atoms. The molecule has 2 unspecified atom stereocenters. The van der Waals surface area contributed by atoms with Crippen molar-refractivity contribution in [3.05, 3.63) is 0 Å². The molecule has 1 aliphatic rings. The standard InChI is InChI=1S/C9H15NO3/c1-6-3-4-10(7(2)11)8(5-6)9(12)13/h6,8H,3-5H2,1-2H3,(H,12,13). The number of carbonyl (C=O) groups excluding carboxylic acids is 1. The number of hydrogen-bond donors (Lipinski definition) is 1. The Bertz CT molecular complexity index is 227. The molecule has 0 aromatic heterocycles. The zero-order chi connectivity index (χ0) is 10.0. The lowest BCUT2D eigenvalue weighted by molar-refractivity contribution is -0.152. The van der Waals surface area contributed by atoms with E-state index in [2.05, 4.69) is 0 Å². The zero-order valence-electron chi connectivity index (χ0n) is 7.99. The molecule has 0 spiro atoms. The Kier molecular flexibility index (Phi) is 2.90. The molecule has 1 rings (SSSR count). The number of carbonyl (C=O) groups is 2. The van der Waals surface area contributed by atoms with Gasteiger partial charge in [0.25, 0.3) is 0 Å². The third-order valence-corrected chi connectivity index (χ3v) is 2.55. The molecule has 0 saturated carbocycles. The van der Waals surface area contributed by atoms with Crippen LogP contribution in [0.2, 0.25) is 0 Å².